The monoisotopic (exact) mass is 568 g/mol. The molecule has 3 atom stereocenters. The second kappa shape index (κ2) is 11.6. The number of amides is 1. The van der Waals surface area contributed by atoms with E-state index in [0.717, 1.165) is 39.7 Å². The summed E-state index contributed by atoms with van der Waals surface area (Å²) in [4.78, 5) is 26.6. The molecule has 6 nitrogen and oxygen atoms in total. The zero-order valence-electron chi connectivity index (χ0n) is 23.2. The molecule has 1 fully saturated rings. The van der Waals surface area contributed by atoms with Gasteiger partial charge in [-0.2, -0.15) is 0 Å². The van der Waals surface area contributed by atoms with Crippen LogP contribution in [0.2, 0.25) is 5.02 Å². The second-order valence-corrected chi connectivity index (χ2v) is 11.4. The lowest BCUT2D eigenvalue weighted by atomic mass is 10.0. The van der Waals surface area contributed by atoms with Crippen molar-refractivity contribution in [2.45, 2.75) is 45.4 Å². The van der Waals surface area contributed by atoms with Gasteiger partial charge in [0.1, 0.15) is 5.75 Å². The summed E-state index contributed by atoms with van der Waals surface area (Å²) < 4.78 is 13.3. The Bertz CT molecular complexity index is 1620. The number of ether oxygens (including phenoxy) is 2. The average Bonchev–Trinajstić information content (AvgIpc) is 3.69. The molecule has 210 valence electrons. The highest BCUT2D eigenvalue weighted by molar-refractivity contribution is 6.30. The van der Waals surface area contributed by atoms with Crippen molar-refractivity contribution in [3.8, 4) is 5.75 Å². The predicted molar refractivity (Wildman–Crippen MR) is 160 cm³/mol. The summed E-state index contributed by atoms with van der Waals surface area (Å²) in [6.45, 7) is 2.90. The van der Waals surface area contributed by atoms with Crippen molar-refractivity contribution in [3.63, 3.8) is 0 Å². The fraction of sp³-hybridized carbons (Fsp3) is 0.294. The van der Waals surface area contributed by atoms with E-state index in [9.17, 15) is 9.59 Å². The Balaban J connectivity index is 1.13. The number of rotatable bonds is 9. The van der Waals surface area contributed by atoms with Gasteiger partial charge in [-0.15, -0.1) is 0 Å². The number of halogens is 1. The number of carbonyl (C=O) groups is 2. The Hall–Kier alpha value is -3.87. The van der Waals surface area contributed by atoms with E-state index in [1.807, 2.05) is 37.3 Å². The van der Waals surface area contributed by atoms with E-state index in [1.54, 1.807) is 35.9 Å². The highest BCUT2D eigenvalue weighted by Crippen LogP contribution is 2.41. The number of benzene rings is 3. The van der Waals surface area contributed by atoms with Crippen LogP contribution in [0.4, 0.5) is 0 Å². The van der Waals surface area contributed by atoms with Crippen LogP contribution in [0.15, 0.2) is 78.9 Å². The van der Waals surface area contributed by atoms with Crippen molar-refractivity contribution >= 4 is 34.3 Å². The summed E-state index contributed by atoms with van der Waals surface area (Å²) >= 11 is 6.03. The number of nitrogens with one attached hydrogen (secondary N) is 1. The first-order valence-electron chi connectivity index (χ1n) is 14.0. The summed E-state index contributed by atoms with van der Waals surface area (Å²) in [7, 11) is 1.60. The molecule has 0 spiro atoms. The van der Waals surface area contributed by atoms with Gasteiger partial charge in [0.25, 0.3) is 5.91 Å². The Morgan fingerprint density at radius 3 is 2.41 bits per heavy atom. The normalized spacial score (nSPS) is 19.1. The molecule has 1 aromatic heterocycles. The van der Waals surface area contributed by atoms with Gasteiger partial charge in [-0.05, 0) is 84.8 Å². The van der Waals surface area contributed by atoms with Crippen LogP contribution in [0.3, 0.4) is 0 Å². The maximum Gasteiger partial charge on any atom is 0.262 e. The number of aromatic nitrogens is 1. The van der Waals surface area contributed by atoms with Crippen LogP contribution >= 0.6 is 11.6 Å². The Morgan fingerprint density at radius 1 is 0.976 bits per heavy atom. The molecule has 7 heteroatoms. The van der Waals surface area contributed by atoms with Crippen LogP contribution in [0.5, 0.6) is 5.75 Å². The third-order valence-corrected chi connectivity index (χ3v) is 8.62. The first-order chi connectivity index (χ1) is 19.9. The van der Waals surface area contributed by atoms with Crippen molar-refractivity contribution in [1.82, 2.24) is 9.88 Å². The molecule has 0 saturated heterocycles. The number of methoxy groups -OCH3 is 1. The average molecular weight is 569 g/mol. The highest BCUT2D eigenvalue weighted by atomic mass is 35.5. The third-order valence-electron chi connectivity index (χ3n) is 8.37. The summed E-state index contributed by atoms with van der Waals surface area (Å²) in [6, 6.07) is 20.6. The Labute approximate surface area is 244 Å². The van der Waals surface area contributed by atoms with E-state index in [0.29, 0.717) is 47.4 Å². The van der Waals surface area contributed by atoms with Gasteiger partial charge in [0.05, 0.1) is 31.8 Å². The number of hydrogen-bond donors (Lipinski definition) is 1. The second-order valence-electron chi connectivity index (χ2n) is 11.0. The number of fused-ring (bicyclic) bond motifs is 3. The third kappa shape index (κ3) is 5.67. The van der Waals surface area contributed by atoms with Gasteiger partial charge in [0, 0.05) is 34.1 Å². The SMILES string of the molecule is COc1ccc2c(c1)c(CC(=O)NCc1ccc(CO[C@H]3C[C@@H]4C=C[C@H]3C4)cc1)c(C)n2C(=O)c1ccc(Cl)cc1. The van der Waals surface area contributed by atoms with E-state index in [-0.39, 0.29) is 18.2 Å². The van der Waals surface area contributed by atoms with Crippen molar-refractivity contribution in [3.05, 3.63) is 112 Å². The lowest BCUT2D eigenvalue weighted by molar-refractivity contribution is -0.120. The maximum absolute atomic E-state index is 13.5. The van der Waals surface area contributed by atoms with Gasteiger partial charge >= 0.3 is 0 Å². The summed E-state index contributed by atoms with van der Waals surface area (Å²) in [5, 5.41) is 4.42. The molecule has 2 aliphatic carbocycles. The minimum Gasteiger partial charge on any atom is -0.497 e. The molecule has 2 bridgehead atoms. The van der Waals surface area contributed by atoms with Crippen molar-refractivity contribution in [1.29, 1.82) is 0 Å². The van der Waals surface area contributed by atoms with Gasteiger partial charge in [-0.1, -0.05) is 48.0 Å². The quantitative estimate of drug-likeness (QED) is 0.230. The number of allylic oxidation sites excluding steroid dienone is 1. The molecule has 0 unspecified atom stereocenters. The Morgan fingerprint density at radius 2 is 1.73 bits per heavy atom. The smallest absolute Gasteiger partial charge is 0.262 e. The predicted octanol–water partition coefficient (Wildman–Crippen LogP) is 6.64. The first-order valence-corrected chi connectivity index (χ1v) is 14.4. The first kappa shape index (κ1) is 27.3. The van der Waals surface area contributed by atoms with Crippen molar-refractivity contribution < 1.29 is 19.1 Å². The molecule has 1 saturated carbocycles. The van der Waals surface area contributed by atoms with Crippen molar-refractivity contribution in [2.75, 3.05) is 7.11 Å². The molecular weight excluding hydrogens is 536 g/mol. The minimum atomic E-state index is -0.179. The van der Waals surface area contributed by atoms with E-state index in [1.165, 1.54) is 6.42 Å². The summed E-state index contributed by atoms with van der Waals surface area (Å²) in [5.41, 5.74) is 4.91. The summed E-state index contributed by atoms with van der Waals surface area (Å²) in [6.07, 6.45) is 7.46. The van der Waals surface area contributed by atoms with Gasteiger partial charge in [-0.25, -0.2) is 0 Å². The molecule has 0 aliphatic heterocycles. The van der Waals surface area contributed by atoms with Crippen LogP contribution in [-0.2, 0) is 29.1 Å². The topological polar surface area (TPSA) is 69.6 Å². The van der Waals surface area contributed by atoms with Crippen LogP contribution < -0.4 is 10.1 Å². The zero-order chi connectivity index (χ0) is 28.5. The Kier molecular flexibility index (Phi) is 7.69. The van der Waals surface area contributed by atoms with E-state index in [2.05, 4.69) is 29.6 Å². The molecule has 2 aliphatic rings. The molecule has 4 aromatic rings. The van der Waals surface area contributed by atoms with Crippen molar-refractivity contribution in [2.24, 2.45) is 11.8 Å². The maximum atomic E-state index is 13.5. The minimum absolute atomic E-state index is 0.120. The molecule has 6 rings (SSSR count). The summed E-state index contributed by atoms with van der Waals surface area (Å²) in [5.74, 6) is 1.63. The van der Waals surface area contributed by atoms with Gasteiger partial charge in [0.2, 0.25) is 5.91 Å². The lowest BCUT2D eigenvalue weighted by Crippen LogP contribution is -2.25. The molecule has 41 heavy (non-hydrogen) atoms. The fourth-order valence-corrected chi connectivity index (χ4v) is 6.22. The van der Waals surface area contributed by atoms with Gasteiger partial charge in [-0.3, -0.25) is 14.2 Å². The number of nitrogens with zero attached hydrogens (tertiary/aromatic N) is 1. The molecule has 1 amide bonds. The largest absolute Gasteiger partial charge is 0.497 e. The van der Waals surface area contributed by atoms with Gasteiger partial charge in [0.15, 0.2) is 0 Å². The fourth-order valence-electron chi connectivity index (χ4n) is 6.10. The molecular formula is C34H33ClN2O4. The number of hydrogen-bond acceptors (Lipinski definition) is 4. The van der Waals surface area contributed by atoms with E-state index in [4.69, 9.17) is 21.1 Å². The van der Waals surface area contributed by atoms with Crippen LogP contribution in [0.25, 0.3) is 10.9 Å². The molecule has 0 radical (unpaired) electrons. The van der Waals surface area contributed by atoms with Crippen LogP contribution in [-0.4, -0.2) is 29.6 Å². The van der Waals surface area contributed by atoms with Crippen LogP contribution in [0.1, 0.15) is 45.6 Å². The van der Waals surface area contributed by atoms with E-state index < -0.39 is 0 Å². The number of carbonyl (C=O) groups excluding carboxylic acids is 2. The molecule has 1 N–H and O–H groups in total. The molecule has 1 heterocycles. The zero-order valence-corrected chi connectivity index (χ0v) is 24.0. The van der Waals surface area contributed by atoms with Crippen LogP contribution in [0, 0.1) is 18.8 Å². The van der Waals surface area contributed by atoms with Gasteiger partial charge < -0.3 is 14.8 Å². The highest BCUT2D eigenvalue weighted by Gasteiger charge is 2.36. The standard InChI is InChI=1S/C34H33ClN2O4/c1-21-29(30-17-28(40-2)13-14-31(30)37(21)34(39)25-9-11-27(35)12-10-25)18-33(38)36-19-22-3-5-23(6-4-22)20-41-32-16-24-7-8-26(32)15-24/h3-14,17,24,26,32H,15-16,18-20H2,1-2H3,(H,36,38)/t24-,26+,32+/m1/s1. The lowest BCUT2D eigenvalue weighted by Gasteiger charge is -2.19. The molecule has 3 aromatic carbocycles. The van der Waals surface area contributed by atoms with E-state index >= 15 is 0 Å².